The van der Waals surface area contributed by atoms with Gasteiger partial charge in [0.15, 0.2) is 6.61 Å². The second-order valence-electron chi connectivity index (χ2n) is 4.31. The van der Waals surface area contributed by atoms with Crippen LogP contribution in [0.15, 0.2) is 46.9 Å². The summed E-state index contributed by atoms with van der Waals surface area (Å²) >= 11 is 3.33. The molecule has 0 aliphatic heterocycles. The normalized spacial score (nSPS) is 10.1. The lowest BCUT2D eigenvalue weighted by atomic mass is 10.2. The molecule has 0 bridgehead atoms. The first-order valence-corrected chi connectivity index (χ1v) is 6.82. The molecule has 0 spiro atoms. The largest absolute Gasteiger partial charge is 0.506 e. The number of hydrogen-bond acceptors (Lipinski definition) is 3. The maximum absolute atomic E-state index is 11.7. The summed E-state index contributed by atoms with van der Waals surface area (Å²) in [4.78, 5) is 11.7. The van der Waals surface area contributed by atoms with Gasteiger partial charge in [-0.2, -0.15) is 0 Å². The molecule has 0 atom stereocenters. The van der Waals surface area contributed by atoms with E-state index < -0.39 is 0 Å². The summed E-state index contributed by atoms with van der Waals surface area (Å²) in [5, 5.41) is 12.3. The molecule has 104 valence electrons. The van der Waals surface area contributed by atoms with E-state index in [0.717, 1.165) is 10.0 Å². The van der Waals surface area contributed by atoms with Gasteiger partial charge in [0.25, 0.3) is 5.91 Å². The van der Waals surface area contributed by atoms with Gasteiger partial charge in [-0.15, -0.1) is 0 Å². The highest BCUT2D eigenvalue weighted by Gasteiger charge is 2.07. The van der Waals surface area contributed by atoms with Crippen molar-refractivity contribution in [2.45, 2.75) is 6.92 Å². The number of aryl methyl sites for hydroxylation is 1. The van der Waals surface area contributed by atoms with Gasteiger partial charge in [0, 0.05) is 4.47 Å². The van der Waals surface area contributed by atoms with Crippen molar-refractivity contribution < 1.29 is 14.6 Å². The van der Waals surface area contributed by atoms with E-state index in [1.807, 2.05) is 25.1 Å². The number of rotatable bonds is 4. The highest BCUT2D eigenvalue weighted by molar-refractivity contribution is 9.10. The second kappa shape index (κ2) is 6.43. The van der Waals surface area contributed by atoms with Crippen LogP contribution in [0, 0.1) is 6.92 Å². The smallest absolute Gasteiger partial charge is 0.262 e. The number of nitrogens with one attached hydrogen (secondary N) is 1. The summed E-state index contributed by atoms with van der Waals surface area (Å²) in [6.45, 7) is 1.74. The van der Waals surface area contributed by atoms with Crippen LogP contribution in [-0.2, 0) is 4.79 Å². The Hall–Kier alpha value is -2.01. The molecule has 0 aromatic heterocycles. The van der Waals surface area contributed by atoms with Gasteiger partial charge < -0.3 is 15.2 Å². The number of phenolic OH excluding ortho intramolecular Hbond substituents is 1. The zero-order chi connectivity index (χ0) is 14.5. The Balaban J connectivity index is 1.92. The standard InChI is InChI=1S/C15H14BrNO3/c1-10-5-6-13(14(18)7-10)17-15(19)9-20-12-4-2-3-11(16)8-12/h2-8,18H,9H2,1H3,(H,17,19). The van der Waals surface area contributed by atoms with Gasteiger partial charge in [0.1, 0.15) is 11.5 Å². The minimum atomic E-state index is -0.330. The van der Waals surface area contributed by atoms with Crippen LogP contribution in [0.2, 0.25) is 0 Å². The van der Waals surface area contributed by atoms with Crippen LogP contribution in [0.1, 0.15) is 5.56 Å². The molecular weight excluding hydrogens is 322 g/mol. The van der Waals surface area contributed by atoms with Crippen molar-refractivity contribution in [1.82, 2.24) is 0 Å². The van der Waals surface area contributed by atoms with Gasteiger partial charge in [0.2, 0.25) is 0 Å². The third-order valence-electron chi connectivity index (χ3n) is 2.59. The monoisotopic (exact) mass is 335 g/mol. The first-order chi connectivity index (χ1) is 9.54. The summed E-state index contributed by atoms with van der Waals surface area (Å²) in [6.07, 6.45) is 0. The van der Waals surface area contributed by atoms with Gasteiger partial charge in [-0.25, -0.2) is 0 Å². The summed E-state index contributed by atoms with van der Waals surface area (Å²) < 4.78 is 6.24. The molecule has 0 fully saturated rings. The number of benzene rings is 2. The van der Waals surface area contributed by atoms with Gasteiger partial charge in [-0.3, -0.25) is 4.79 Å². The van der Waals surface area contributed by atoms with Crippen molar-refractivity contribution in [3.05, 3.63) is 52.5 Å². The fourth-order valence-corrected chi connectivity index (χ4v) is 2.02. The van der Waals surface area contributed by atoms with Crippen LogP contribution in [0.3, 0.4) is 0 Å². The Morgan fingerprint density at radius 2 is 2.10 bits per heavy atom. The number of carbonyl (C=O) groups is 1. The molecule has 0 unspecified atom stereocenters. The fourth-order valence-electron chi connectivity index (χ4n) is 1.64. The topological polar surface area (TPSA) is 58.6 Å². The van der Waals surface area contributed by atoms with E-state index in [0.29, 0.717) is 11.4 Å². The third-order valence-corrected chi connectivity index (χ3v) is 3.09. The number of aromatic hydroxyl groups is 1. The van der Waals surface area contributed by atoms with E-state index in [1.54, 1.807) is 24.3 Å². The Kier molecular flexibility index (Phi) is 4.63. The number of anilines is 1. The first-order valence-electron chi connectivity index (χ1n) is 6.02. The fraction of sp³-hybridized carbons (Fsp3) is 0.133. The molecule has 0 aliphatic carbocycles. The minimum Gasteiger partial charge on any atom is -0.506 e. The third kappa shape index (κ3) is 3.99. The number of ether oxygens (including phenoxy) is 1. The molecule has 2 aromatic carbocycles. The molecule has 0 saturated heterocycles. The second-order valence-corrected chi connectivity index (χ2v) is 5.23. The molecule has 1 amide bonds. The lowest BCUT2D eigenvalue weighted by molar-refractivity contribution is -0.118. The predicted molar refractivity (Wildman–Crippen MR) is 81.1 cm³/mol. The number of halogens is 1. The van der Waals surface area contributed by atoms with Crippen LogP contribution in [0.25, 0.3) is 0 Å². The molecule has 2 N–H and O–H groups in total. The van der Waals surface area contributed by atoms with Crippen molar-refractivity contribution in [2.75, 3.05) is 11.9 Å². The van der Waals surface area contributed by atoms with E-state index >= 15 is 0 Å². The van der Waals surface area contributed by atoms with Crippen molar-refractivity contribution in [3.63, 3.8) is 0 Å². The summed E-state index contributed by atoms with van der Waals surface area (Å²) in [5.41, 5.74) is 1.30. The quantitative estimate of drug-likeness (QED) is 0.841. The van der Waals surface area contributed by atoms with Gasteiger partial charge in [-0.1, -0.05) is 28.1 Å². The van der Waals surface area contributed by atoms with E-state index in [-0.39, 0.29) is 18.3 Å². The summed E-state index contributed by atoms with van der Waals surface area (Å²) in [6, 6.07) is 12.3. The Bertz CT molecular complexity index is 628. The van der Waals surface area contributed by atoms with E-state index in [1.165, 1.54) is 0 Å². The molecule has 20 heavy (non-hydrogen) atoms. The van der Waals surface area contributed by atoms with Gasteiger partial charge >= 0.3 is 0 Å². The zero-order valence-corrected chi connectivity index (χ0v) is 12.5. The average molecular weight is 336 g/mol. The molecule has 2 rings (SSSR count). The predicted octanol–water partition coefficient (Wildman–Crippen LogP) is 3.48. The van der Waals surface area contributed by atoms with Crippen LogP contribution < -0.4 is 10.1 Å². The maximum atomic E-state index is 11.7. The number of hydrogen-bond donors (Lipinski definition) is 2. The van der Waals surface area contributed by atoms with E-state index in [9.17, 15) is 9.90 Å². The SMILES string of the molecule is Cc1ccc(NC(=O)COc2cccc(Br)c2)c(O)c1. The summed E-state index contributed by atoms with van der Waals surface area (Å²) in [5.74, 6) is 0.313. The minimum absolute atomic E-state index is 0.0424. The number of carbonyl (C=O) groups excluding carboxylic acids is 1. The lowest BCUT2D eigenvalue weighted by Crippen LogP contribution is -2.20. The first kappa shape index (κ1) is 14.4. The number of phenols is 1. The Labute approximate surface area is 125 Å². The molecule has 2 aromatic rings. The number of amides is 1. The van der Waals surface area contributed by atoms with E-state index in [2.05, 4.69) is 21.2 Å². The highest BCUT2D eigenvalue weighted by Crippen LogP contribution is 2.24. The van der Waals surface area contributed by atoms with Crippen LogP contribution >= 0.6 is 15.9 Å². The Morgan fingerprint density at radius 3 is 2.80 bits per heavy atom. The van der Waals surface area contributed by atoms with Crippen LogP contribution in [0.5, 0.6) is 11.5 Å². The van der Waals surface area contributed by atoms with Crippen molar-refractivity contribution in [1.29, 1.82) is 0 Å². The van der Waals surface area contributed by atoms with Crippen molar-refractivity contribution in [2.24, 2.45) is 0 Å². The molecule has 0 aliphatic rings. The molecule has 0 saturated carbocycles. The Morgan fingerprint density at radius 1 is 1.30 bits per heavy atom. The average Bonchev–Trinajstić information content (AvgIpc) is 2.40. The molecular formula is C15H14BrNO3. The van der Waals surface area contributed by atoms with Crippen molar-refractivity contribution in [3.8, 4) is 11.5 Å². The highest BCUT2D eigenvalue weighted by atomic mass is 79.9. The van der Waals surface area contributed by atoms with Gasteiger partial charge in [0.05, 0.1) is 5.69 Å². The van der Waals surface area contributed by atoms with Crippen LogP contribution in [0.4, 0.5) is 5.69 Å². The summed E-state index contributed by atoms with van der Waals surface area (Å²) in [7, 11) is 0. The van der Waals surface area contributed by atoms with Crippen LogP contribution in [-0.4, -0.2) is 17.6 Å². The van der Waals surface area contributed by atoms with Gasteiger partial charge in [-0.05, 0) is 42.8 Å². The molecule has 5 heteroatoms. The molecule has 4 nitrogen and oxygen atoms in total. The maximum Gasteiger partial charge on any atom is 0.262 e. The molecule has 0 radical (unpaired) electrons. The van der Waals surface area contributed by atoms with E-state index in [4.69, 9.17) is 4.74 Å². The van der Waals surface area contributed by atoms with Crippen molar-refractivity contribution >= 4 is 27.5 Å². The molecule has 0 heterocycles. The zero-order valence-electron chi connectivity index (χ0n) is 10.9. The lowest BCUT2D eigenvalue weighted by Gasteiger charge is -2.09.